The quantitative estimate of drug-likeness (QED) is 0.866. The van der Waals surface area contributed by atoms with Crippen molar-refractivity contribution in [1.82, 2.24) is 19.9 Å². The van der Waals surface area contributed by atoms with Crippen LogP contribution in [0.4, 0.5) is 0 Å². The van der Waals surface area contributed by atoms with Gasteiger partial charge in [0.05, 0.1) is 28.8 Å². The Bertz CT molecular complexity index is 678. The highest BCUT2D eigenvalue weighted by Crippen LogP contribution is 2.24. The third-order valence-electron chi connectivity index (χ3n) is 4.44. The summed E-state index contributed by atoms with van der Waals surface area (Å²) in [6, 6.07) is 0. The molecule has 1 fully saturated rings. The first-order valence-corrected chi connectivity index (χ1v) is 9.22. The zero-order valence-electron chi connectivity index (χ0n) is 13.8. The van der Waals surface area contributed by atoms with Gasteiger partial charge in [-0.05, 0) is 38.3 Å². The number of hydrogen-bond acceptors (Lipinski definition) is 6. The minimum atomic E-state index is -1.04. The molecule has 0 saturated carbocycles. The lowest BCUT2D eigenvalue weighted by atomic mass is 9.94. The van der Waals surface area contributed by atoms with Crippen LogP contribution in [0.1, 0.15) is 46.6 Å². The van der Waals surface area contributed by atoms with E-state index in [0.717, 1.165) is 38.2 Å². The Morgan fingerprint density at radius 3 is 2.67 bits per heavy atom. The first-order chi connectivity index (χ1) is 11.6. The molecule has 2 aromatic rings. The van der Waals surface area contributed by atoms with Crippen molar-refractivity contribution < 1.29 is 9.90 Å². The lowest BCUT2D eigenvalue weighted by Gasteiger charge is -2.31. The number of aryl methyl sites for hydroxylation is 1. The molecule has 0 amide bonds. The highest BCUT2D eigenvalue weighted by molar-refractivity contribution is 7.09. The predicted molar refractivity (Wildman–Crippen MR) is 92.2 cm³/mol. The SMILES string of the molecule is CCc1csc(CC2CCN(Cc3cnc(C(=O)O)cn3)CC2)n1. The molecule has 0 bridgehead atoms. The van der Waals surface area contributed by atoms with Gasteiger partial charge >= 0.3 is 5.97 Å². The van der Waals surface area contributed by atoms with Crippen LogP contribution in [-0.4, -0.2) is 44.0 Å². The van der Waals surface area contributed by atoms with Crippen molar-refractivity contribution in [2.75, 3.05) is 13.1 Å². The van der Waals surface area contributed by atoms with Gasteiger partial charge in [0.25, 0.3) is 0 Å². The Kier molecular flexibility index (Phi) is 5.52. The summed E-state index contributed by atoms with van der Waals surface area (Å²) in [5.41, 5.74) is 2.02. The second-order valence-electron chi connectivity index (χ2n) is 6.21. The average molecular weight is 346 g/mol. The zero-order valence-corrected chi connectivity index (χ0v) is 14.6. The summed E-state index contributed by atoms with van der Waals surface area (Å²) in [7, 11) is 0. The molecule has 0 aromatic carbocycles. The van der Waals surface area contributed by atoms with E-state index in [0.29, 0.717) is 5.92 Å². The van der Waals surface area contributed by atoms with Gasteiger partial charge in [0, 0.05) is 18.3 Å². The molecule has 1 aliphatic rings. The van der Waals surface area contributed by atoms with E-state index in [-0.39, 0.29) is 5.69 Å². The summed E-state index contributed by atoms with van der Waals surface area (Å²) in [5.74, 6) is -0.333. The number of likely N-dealkylation sites (tertiary alicyclic amines) is 1. The highest BCUT2D eigenvalue weighted by Gasteiger charge is 2.21. The van der Waals surface area contributed by atoms with Crippen LogP contribution in [0.5, 0.6) is 0 Å². The van der Waals surface area contributed by atoms with E-state index in [2.05, 4.69) is 32.2 Å². The average Bonchev–Trinajstić information content (AvgIpc) is 3.05. The fourth-order valence-corrected chi connectivity index (χ4v) is 3.97. The Labute approximate surface area is 145 Å². The molecule has 24 heavy (non-hydrogen) atoms. The minimum absolute atomic E-state index is 0.00708. The van der Waals surface area contributed by atoms with Gasteiger partial charge in [-0.15, -0.1) is 11.3 Å². The lowest BCUT2D eigenvalue weighted by Crippen LogP contribution is -2.34. The van der Waals surface area contributed by atoms with Gasteiger partial charge < -0.3 is 5.11 Å². The molecule has 1 saturated heterocycles. The number of hydrogen-bond donors (Lipinski definition) is 1. The van der Waals surface area contributed by atoms with Crippen molar-refractivity contribution in [3.8, 4) is 0 Å². The van der Waals surface area contributed by atoms with E-state index in [9.17, 15) is 4.79 Å². The predicted octanol–water partition coefficient (Wildman–Crippen LogP) is 2.65. The van der Waals surface area contributed by atoms with Crippen molar-refractivity contribution in [2.24, 2.45) is 5.92 Å². The van der Waals surface area contributed by atoms with Crippen LogP contribution in [0.3, 0.4) is 0 Å². The third-order valence-corrected chi connectivity index (χ3v) is 5.36. The van der Waals surface area contributed by atoms with Gasteiger partial charge in [-0.2, -0.15) is 0 Å². The van der Waals surface area contributed by atoms with Crippen LogP contribution in [0, 0.1) is 5.92 Å². The largest absolute Gasteiger partial charge is 0.476 e. The summed E-state index contributed by atoms with van der Waals surface area (Å²) >= 11 is 1.78. The topological polar surface area (TPSA) is 79.2 Å². The maximum Gasteiger partial charge on any atom is 0.356 e. The van der Waals surface area contributed by atoms with Gasteiger partial charge in [-0.25, -0.2) is 14.8 Å². The number of aromatic carboxylic acids is 1. The van der Waals surface area contributed by atoms with Crippen LogP contribution in [0.25, 0.3) is 0 Å². The molecule has 6 nitrogen and oxygen atoms in total. The van der Waals surface area contributed by atoms with E-state index >= 15 is 0 Å². The van der Waals surface area contributed by atoms with Crippen LogP contribution in [0.15, 0.2) is 17.8 Å². The minimum Gasteiger partial charge on any atom is -0.476 e. The number of nitrogens with zero attached hydrogens (tertiary/aromatic N) is 4. The fourth-order valence-electron chi connectivity index (χ4n) is 2.98. The van der Waals surface area contributed by atoms with Crippen LogP contribution < -0.4 is 0 Å². The second-order valence-corrected chi connectivity index (χ2v) is 7.15. The number of piperidine rings is 1. The van der Waals surface area contributed by atoms with Crippen molar-refractivity contribution >= 4 is 17.3 Å². The number of carboxylic acids is 1. The van der Waals surface area contributed by atoms with E-state index in [1.807, 2.05) is 0 Å². The normalized spacial score (nSPS) is 16.4. The summed E-state index contributed by atoms with van der Waals surface area (Å²) < 4.78 is 0. The molecule has 128 valence electrons. The Morgan fingerprint density at radius 1 is 1.29 bits per heavy atom. The number of aromatic nitrogens is 3. The molecule has 0 atom stereocenters. The molecule has 7 heteroatoms. The van der Waals surface area contributed by atoms with Gasteiger partial charge in [0.1, 0.15) is 0 Å². The molecule has 0 aliphatic carbocycles. The summed E-state index contributed by atoms with van der Waals surface area (Å²) in [6.07, 6.45) is 7.33. The molecule has 0 spiro atoms. The van der Waals surface area contributed by atoms with Crippen LogP contribution in [0.2, 0.25) is 0 Å². The van der Waals surface area contributed by atoms with Crippen LogP contribution >= 0.6 is 11.3 Å². The number of carboxylic acid groups (broad SMARTS) is 1. The first kappa shape index (κ1) is 17.0. The molecular formula is C17H22N4O2S. The maximum atomic E-state index is 10.8. The lowest BCUT2D eigenvalue weighted by molar-refractivity contribution is 0.0690. The molecule has 0 unspecified atom stereocenters. The smallest absolute Gasteiger partial charge is 0.356 e. The van der Waals surface area contributed by atoms with E-state index in [4.69, 9.17) is 5.11 Å². The summed E-state index contributed by atoms with van der Waals surface area (Å²) in [6.45, 7) is 4.96. The monoisotopic (exact) mass is 346 g/mol. The molecule has 0 radical (unpaired) electrons. The van der Waals surface area contributed by atoms with Crippen molar-refractivity contribution in [2.45, 2.75) is 39.2 Å². The Balaban J connectivity index is 1.47. The maximum absolute atomic E-state index is 10.8. The number of thiazole rings is 1. The van der Waals surface area contributed by atoms with Gasteiger partial charge in [-0.1, -0.05) is 6.92 Å². The molecule has 3 rings (SSSR count). The molecule has 1 aliphatic heterocycles. The van der Waals surface area contributed by atoms with E-state index in [1.54, 1.807) is 17.5 Å². The van der Waals surface area contributed by atoms with Crippen LogP contribution in [-0.2, 0) is 19.4 Å². The van der Waals surface area contributed by atoms with Gasteiger partial charge in [-0.3, -0.25) is 9.88 Å². The molecule has 3 heterocycles. The van der Waals surface area contributed by atoms with Crippen molar-refractivity contribution in [1.29, 1.82) is 0 Å². The highest BCUT2D eigenvalue weighted by atomic mass is 32.1. The third kappa shape index (κ3) is 4.36. The van der Waals surface area contributed by atoms with Crippen molar-refractivity contribution in [3.63, 3.8) is 0 Å². The zero-order chi connectivity index (χ0) is 16.9. The number of carbonyl (C=O) groups is 1. The Morgan fingerprint density at radius 2 is 2.08 bits per heavy atom. The van der Waals surface area contributed by atoms with E-state index in [1.165, 1.54) is 29.7 Å². The molecule has 1 N–H and O–H groups in total. The van der Waals surface area contributed by atoms with Gasteiger partial charge in [0.15, 0.2) is 5.69 Å². The standard InChI is InChI=1S/C17H22N4O2S/c1-2-13-11-24-16(20-13)7-12-3-5-21(6-4-12)10-14-8-19-15(9-18-14)17(22)23/h8-9,11-12H,2-7,10H2,1H3,(H,22,23). The molecular weight excluding hydrogens is 324 g/mol. The summed E-state index contributed by atoms with van der Waals surface area (Å²) in [5, 5.41) is 12.3. The molecule has 2 aromatic heterocycles. The number of rotatable bonds is 6. The fraction of sp³-hybridized carbons (Fsp3) is 0.529. The van der Waals surface area contributed by atoms with E-state index < -0.39 is 5.97 Å². The van der Waals surface area contributed by atoms with Crippen molar-refractivity contribution in [3.05, 3.63) is 39.9 Å². The Hall–Kier alpha value is -1.86. The summed E-state index contributed by atoms with van der Waals surface area (Å²) in [4.78, 5) is 26.0. The second kappa shape index (κ2) is 7.81. The van der Waals surface area contributed by atoms with Gasteiger partial charge in [0.2, 0.25) is 0 Å². The first-order valence-electron chi connectivity index (χ1n) is 8.34.